The van der Waals surface area contributed by atoms with Gasteiger partial charge in [-0.2, -0.15) is 5.26 Å². The Bertz CT molecular complexity index is 717. The van der Waals surface area contributed by atoms with Gasteiger partial charge in [-0.1, -0.05) is 12.1 Å². The SMILES string of the molecule is N#Cc1ccccc1OCC(=O)N[C@H]1CCc2nccn2C1. The van der Waals surface area contributed by atoms with E-state index in [0.29, 0.717) is 11.3 Å². The number of aryl methyl sites for hydroxylation is 1. The maximum absolute atomic E-state index is 12.0. The quantitative estimate of drug-likeness (QED) is 0.921. The Labute approximate surface area is 128 Å². The van der Waals surface area contributed by atoms with Crippen LogP contribution >= 0.6 is 0 Å². The Hall–Kier alpha value is -2.81. The van der Waals surface area contributed by atoms with Crippen LogP contribution in [0.1, 0.15) is 17.8 Å². The molecule has 0 spiro atoms. The van der Waals surface area contributed by atoms with E-state index in [-0.39, 0.29) is 18.6 Å². The number of aromatic nitrogens is 2. The van der Waals surface area contributed by atoms with Crippen LogP contribution in [0.3, 0.4) is 0 Å². The molecule has 1 aromatic heterocycles. The lowest BCUT2D eigenvalue weighted by molar-refractivity contribution is -0.124. The zero-order valence-corrected chi connectivity index (χ0v) is 12.0. The third kappa shape index (κ3) is 3.09. The van der Waals surface area contributed by atoms with Gasteiger partial charge < -0.3 is 14.6 Å². The van der Waals surface area contributed by atoms with Crippen LogP contribution in [-0.4, -0.2) is 28.1 Å². The van der Waals surface area contributed by atoms with Crippen LogP contribution in [0.25, 0.3) is 0 Å². The highest BCUT2D eigenvalue weighted by Crippen LogP contribution is 2.16. The van der Waals surface area contributed by atoms with E-state index >= 15 is 0 Å². The zero-order chi connectivity index (χ0) is 15.4. The molecular weight excluding hydrogens is 280 g/mol. The minimum Gasteiger partial charge on any atom is -0.482 e. The summed E-state index contributed by atoms with van der Waals surface area (Å²) in [6.45, 7) is 0.641. The standard InChI is InChI=1S/C16H16N4O2/c17-9-12-3-1-2-4-14(12)22-11-16(21)19-13-5-6-15-18-7-8-20(15)10-13/h1-4,7-8,13H,5-6,10-11H2,(H,19,21)/t13-/m0/s1. The number of nitriles is 1. The molecule has 0 saturated carbocycles. The van der Waals surface area contributed by atoms with Gasteiger partial charge in [0.15, 0.2) is 6.61 Å². The van der Waals surface area contributed by atoms with Crippen molar-refractivity contribution < 1.29 is 9.53 Å². The molecule has 1 atom stereocenters. The molecule has 22 heavy (non-hydrogen) atoms. The van der Waals surface area contributed by atoms with Gasteiger partial charge in [-0.05, 0) is 18.6 Å². The van der Waals surface area contributed by atoms with Gasteiger partial charge in [-0.3, -0.25) is 4.79 Å². The lowest BCUT2D eigenvalue weighted by Crippen LogP contribution is -2.42. The van der Waals surface area contributed by atoms with Crippen molar-refractivity contribution in [3.8, 4) is 11.8 Å². The van der Waals surface area contributed by atoms with Gasteiger partial charge in [0.1, 0.15) is 17.6 Å². The topological polar surface area (TPSA) is 79.9 Å². The minimum absolute atomic E-state index is 0.0870. The summed E-state index contributed by atoms with van der Waals surface area (Å²) in [4.78, 5) is 16.3. The van der Waals surface area contributed by atoms with Crippen molar-refractivity contribution in [3.05, 3.63) is 48.0 Å². The Morgan fingerprint density at radius 1 is 1.50 bits per heavy atom. The zero-order valence-electron chi connectivity index (χ0n) is 12.0. The predicted molar refractivity (Wildman–Crippen MR) is 79.1 cm³/mol. The molecule has 6 heteroatoms. The van der Waals surface area contributed by atoms with Crippen LogP contribution in [0.4, 0.5) is 0 Å². The smallest absolute Gasteiger partial charge is 0.258 e. The van der Waals surface area contributed by atoms with Gasteiger partial charge in [0.25, 0.3) is 5.91 Å². The van der Waals surface area contributed by atoms with E-state index in [4.69, 9.17) is 10.00 Å². The summed E-state index contributed by atoms with van der Waals surface area (Å²) in [6.07, 6.45) is 5.43. The number of carbonyl (C=O) groups is 1. The Morgan fingerprint density at radius 3 is 3.23 bits per heavy atom. The number of rotatable bonds is 4. The molecule has 2 aromatic rings. The van der Waals surface area contributed by atoms with Crippen molar-refractivity contribution in [2.24, 2.45) is 0 Å². The third-order valence-corrected chi connectivity index (χ3v) is 3.67. The van der Waals surface area contributed by atoms with E-state index in [1.165, 1.54) is 0 Å². The summed E-state index contributed by atoms with van der Waals surface area (Å²) >= 11 is 0. The first-order chi connectivity index (χ1) is 10.8. The summed E-state index contributed by atoms with van der Waals surface area (Å²) < 4.78 is 7.49. The molecule has 0 aliphatic carbocycles. The number of nitrogens with one attached hydrogen (secondary N) is 1. The van der Waals surface area contributed by atoms with Crippen LogP contribution in [0.5, 0.6) is 5.75 Å². The molecule has 2 heterocycles. The van der Waals surface area contributed by atoms with Gasteiger partial charge in [0.2, 0.25) is 0 Å². The molecule has 3 rings (SSSR count). The third-order valence-electron chi connectivity index (χ3n) is 3.67. The Balaban J connectivity index is 1.52. The average molecular weight is 296 g/mol. The van der Waals surface area contributed by atoms with Crippen molar-refractivity contribution >= 4 is 5.91 Å². The number of benzene rings is 1. The van der Waals surface area contributed by atoms with Crippen LogP contribution in [0, 0.1) is 11.3 Å². The summed E-state index contributed by atoms with van der Waals surface area (Å²) in [5.41, 5.74) is 0.427. The second-order valence-corrected chi connectivity index (χ2v) is 5.20. The number of amides is 1. The van der Waals surface area contributed by atoms with Crippen molar-refractivity contribution in [2.75, 3.05) is 6.61 Å². The molecule has 6 nitrogen and oxygen atoms in total. The summed E-state index contributed by atoms with van der Waals surface area (Å²) in [7, 11) is 0. The van der Waals surface area contributed by atoms with Gasteiger partial charge in [0.05, 0.1) is 5.56 Å². The van der Waals surface area contributed by atoms with Crippen LogP contribution in [0.2, 0.25) is 0 Å². The first-order valence-electron chi connectivity index (χ1n) is 7.17. The maximum Gasteiger partial charge on any atom is 0.258 e. The molecule has 0 radical (unpaired) electrons. The largest absolute Gasteiger partial charge is 0.482 e. The number of nitrogens with zero attached hydrogens (tertiary/aromatic N) is 3. The maximum atomic E-state index is 12.0. The number of ether oxygens (including phenoxy) is 1. The number of imidazole rings is 1. The summed E-state index contributed by atoms with van der Waals surface area (Å²) in [6, 6.07) is 9.01. The average Bonchev–Trinajstić information content (AvgIpc) is 3.01. The van der Waals surface area contributed by atoms with Crippen LogP contribution in [0.15, 0.2) is 36.7 Å². The van der Waals surface area contributed by atoms with E-state index in [2.05, 4.69) is 14.9 Å². The molecule has 0 saturated heterocycles. The lowest BCUT2D eigenvalue weighted by Gasteiger charge is -2.24. The van der Waals surface area contributed by atoms with E-state index in [1.807, 2.05) is 12.3 Å². The van der Waals surface area contributed by atoms with E-state index in [0.717, 1.165) is 25.2 Å². The van der Waals surface area contributed by atoms with Crippen molar-refractivity contribution in [2.45, 2.75) is 25.4 Å². The van der Waals surface area contributed by atoms with Gasteiger partial charge >= 0.3 is 0 Å². The first-order valence-corrected chi connectivity index (χ1v) is 7.17. The minimum atomic E-state index is -0.179. The van der Waals surface area contributed by atoms with Crippen LogP contribution in [-0.2, 0) is 17.8 Å². The lowest BCUT2D eigenvalue weighted by atomic mass is 10.1. The van der Waals surface area contributed by atoms with E-state index in [9.17, 15) is 4.79 Å². The highest BCUT2D eigenvalue weighted by Gasteiger charge is 2.20. The molecule has 0 fully saturated rings. The fraction of sp³-hybridized carbons (Fsp3) is 0.312. The molecule has 1 aliphatic rings. The number of hydrogen-bond acceptors (Lipinski definition) is 4. The fourth-order valence-corrected chi connectivity index (χ4v) is 2.58. The Kier molecular flexibility index (Phi) is 4.05. The van der Waals surface area contributed by atoms with Gasteiger partial charge in [-0.15, -0.1) is 0 Å². The molecule has 1 aromatic carbocycles. The van der Waals surface area contributed by atoms with Crippen LogP contribution < -0.4 is 10.1 Å². The predicted octanol–water partition coefficient (Wildman–Crippen LogP) is 1.26. The summed E-state index contributed by atoms with van der Waals surface area (Å²) in [5.74, 6) is 1.31. The van der Waals surface area contributed by atoms with Crippen molar-refractivity contribution in [1.29, 1.82) is 5.26 Å². The van der Waals surface area contributed by atoms with Crippen molar-refractivity contribution in [1.82, 2.24) is 14.9 Å². The van der Waals surface area contributed by atoms with Crippen molar-refractivity contribution in [3.63, 3.8) is 0 Å². The highest BCUT2D eigenvalue weighted by molar-refractivity contribution is 5.78. The van der Waals surface area contributed by atoms with Gasteiger partial charge in [-0.25, -0.2) is 4.98 Å². The number of carbonyl (C=O) groups excluding carboxylic acids is 1. The second-order valence-electron chi connectivity index (χ2n) is 5.20. The molecule has 112 valence electrons. The molecule has 1 amide bonds. The molecule has 0 bridgehead atoms. The number of hydrogen-bond donors (Lipinski definition) is 1. The molecule has 1 aliphatic heterocycles. The number of para-hydroxylation sites is 1. The van der Waals surface area contributed by atoms with Gasteiger partial charge in [0, 0.05) is 31.4 Å². The normalized spacial score (nSPS) is 16.4. The Morgan fingerprint density at radius 2 is 2.36 bits per heavy atom. The first kappa shape index (κ1) is 14.1. The second kappa shape index (κ2) is 6.31. The fourth-order valence-electron chi connectivity index (χ4n) is 2.58. The van der Waals surface area contributed by atoms with E-state index < -0.39 is 0 Å². The monoisotopic (exact) mass is 296 g/mol. The number of fused-ring (bicyclic) bond motifs is 1. The molecule has 1 N–H and O–H groups in total. The molecule has 0 unspecified atom stereocenters. The summed E-state index contributed by atoms with van der Waals surface area (Å²) in [5, 5.41) is 11.9. The van der Waals surface area contributed by atoms with E-state index in [1.54, 1.807) is 30.5 Å². The molecular formula is C16H16N4O2. The highest BCUT2D eigenvalue weighted by atomic mass is 16.5.